The molecule has 0 bridgehead atoms. The molecule has 0 atom stereocenters. The van der Waals surface area contributed by atoms with Crippen LogP contribution in [-0.2, 0) is 23.9 Å². The Hall–Kier alpha value is -0.890. The molecule has 1 nitrogen and oxygen atoms in total. The lowest BCUT2D eigenvalue weighted by molar-refractivity contribution is 0.135. The van der Waals surface area contributed by atoms with Crippen molar-refractivity contribution >= 4 is 0 Å². The van der Waals surface area contributed by atoms with E-state index in [1.165, 1.54) is 5.56 Å². The van der Waals surface area contributed by atoms with Crippen LogP contribution in [0.5, 0.6) is 0 Å². The number of benzene rings is 1. The normalized spacial score (nSPS) is 17.0. The van der Waals surface area contributed by atoms with Crippen LogP contribution >= 0.6 is 0 Å². The van der Waals surface area contributed by atoms with Crippen molar-refractivity contribution in [1.82, 2.24) is 4.90 Å². The molecule has 0 saturated carbocycles. The highest BCUT2D eigenvalue weighted by Gasteiger charge is 2.36. The Balaban J connectivity index is 2.66. The summed E-state index contributed by atoms with van der Waals surface area (Å²) in [4.78, 5) is 2.36. The average molecular weight is 305 g/mol. The van der Waals surface area contributed by atoms with Crippen LogP contribution in [0.1, 0.15) is 84.6 Å². The third-order valence-electron chi connectivity index (χ3n) is 4.68. The van der Waals surface area contributed by atoms with Crippen LogP contribution in [0.15, 0.2) is 6.07 Å². The number of nitrogens with zero attached hydrogens (tertiary/aromatic N) is 1. The quantitative estimate of drug-likeness (QED) is 0.608. The summed E-state index contributed by atoms with van der Waals surface area (Å²) in [6.07, 6.45) is 0. The van der Waals surface area contributed by atoms with Crippen LogP contribution in [0.2, 0.25) is 0 Å². The summed E-state index contributed by atoms with van der Waals surface area (Å²) in [6.45, 7) is 21.1. The SMILES string of the molecule is CC(C)(C)c1cc2c(c(F)c1C(C)(C)C)CN(C(C)(C)C)C2. The lowest BCUT2D eigenvalue weighted by Crippen LogP contribution is -2.36. The van der Waals surface area contributed by atoms with Crippen molar-refractivity contribution in [3.8, 4) is 0 Å². The fourth-order valence-corrected chi connectivity index (χ4v) is 3.31. The molecule has 1 aromatic rings. The van der Waals surface area contributed by atoms with E-state index in [1.807, 2.05) is 0 Å². The predicted molar refractivity (Wildman–Crippen MR) is 92.8 cm³/mol. The van der Waals surface area contributed by atoms with Crippen LogP contribution < -0.4 is 0 Å². The Kier molecular flexibility index (Phi) is 4.01. The van der Waals surface area contributed by atoms with Crippen molar-refractivity contribution < 1.29 is 4.39 Å². The van der Waals surface area contributed by atoms with Crippen LogP contribution in [0.4, 0.5) is 4.39 Å². The summed E-state index contributed by atoms with van der Waals surface area (Å²) in [5, 5.41) is 0. The highest BCUT2D eigenvalue weighted by molar-refractivity contribution is 5.47. The van der Waals surface area contributed by atoms with Crippen molar-refractivity contribution in [3.63, 3.8) is 0 Å². The second kappa shape index (κ2) is 5.06. The minimum Gasteiger partial charge on any atom is -0.290 e. The first kappa shape index (κ1) is 17.5. The molecule has 22 heavy (non-hydrogen) atoms. The number of halogens is 1. The zero-order valence-corrected chi connectivity index (χ0v) is 15.8. The monoisotopic (exact) mass is 305 g/mol. The van der Waals surface area contributed by atoms with E-state index in [9.17, 15) is 0 Å². The molecule has 0 fully saturated rings. The van der Waals surface area contributed by atoms with E-state index < -0.39 is 0 Å². The fraction of sp³-hybridized carbons (Fsp3) is 0.700. The van der Waals surface area contributed by atoms with Crippen molar-refractivity contribution in [3.05, 3.63) is 34.1 Å². The number of fused-ring (bicyclic) bond motifs is 1. The third-order valence-corrected chi connectivity index (χ3v) is 4.68. The lowest BCUT2D eigenvalue weighted by atomic mass is 9.73. The largest absolute Gasteiger partial charge is 0.290 e. The molecule has 0 saturated heterocycles. The molecule has 1 aliphatic rings. The molecule has 0 spiro atoms. The summed E-state index contributed by atoms with van der Waals surface area (Å²) in [6, 6.07) is 2.27. The maximum atomic E-state index is 15.4. The van der Waals surface area contributed by atoms with E-state index in [0.717, 1.165) is 29.8 Å². The Morgan fingerprint density at radius 1 is 0.864 bits per heavy atom. The number of rotatable bonds is 0. The zero-order valence-electron chi connectivity index (χ0n) is 15.8. The third kappa shape index (κ3) is 3.08. The molecule has 1 aromatic carbocycles. The Labute approximate surface area is 135 Å². The van der Waals surface area contributed by atoms with Crippen LogP contribution in [-0.4, -0.2) is 10.4 Å². The zero-order chi connectivity index (χ0) is 17.1. The molecule has 2 heteroatoms. The Bertz CT molecular complexity index is 580. The van der Waals surface area contributed by atoms with Gasteiger partial charge in [-0.3, -0.25) is 4.90 Å². The summed E-state index contributed by atoms with van der Waals surface area (Å²) >= 11 is 0. The van der Waals surface area contributed by atoms with E-state index in [4.69, 9.17) is 0 Å². The molecule has 124 valence electrons. The average Bonchev–Trinajstić information content (AvgIpc) is 2.69. The van der Waals surface area contributed by atoms with Gasteiger partial charge in [-0.15, -0.1) is 0 Å². The smallest absolute Gasteiger partial charge is 0.132 e. The predicted octanol–water partition coefficient (Wildman–Crippen LogP) is 5.53. The second-order valence-corrected chi connectivity index (χ2v) is 9.78. The minimum absolute atomic E-state index is 0.0293. The van der Waals surface area contributed by atoms with Gasteiger partial charge in [0.05, 0.1) is 0 Å². The van der Waals surface area contributed by atoms with Crippen molar-refractivity contribution in [2.45, 2.75) is 91.8 Å². The standard InChI is InChI=1S/C20H32FN/c1-18(2,3)15-10-13-11-22(20(7,8)9)12-14(13)17(21)16(15)19(4,5)6/h10H,11-12H2,1-9H3. The van der Waals surface area contributed by atoms with Crippen LogP contribution in [0, 0.1) is 5.82 Å². The first-order valence-corrected chi connectivity index (χ1v) is 8.33. The van der Waals surface area contributed by atoms with E-state index in [-0.39, 0.29) is 22.2 Å². The molecule has 2 rings (SSSR count). The van der Waals surface area contributed by atoms with Crippen LogP contribution in [0.3, 0.4) is 0 Å². The van der Waals surface area contributed by atoms with Gasteiger partial charge in [0.25, 0.3) is 0 Å². The molecule has 0 unspecified atom stereocenters. The molecular weight excluding hydrogens is 273 g/mol. The van der Waals surface area contributed by atoms with Gasteiger partial charge in [0, 0.05) is 24.2 Å². The topological polar surface area (TPSA) is 3.24 Å². The molecule has 0 radical (unpaired) electrons. The van der Waals surface area contributed by atoms with Gasteiger partial charge >= 0.3 is 0 Å². The molecule has 0 amide bonds. The van der Waals surface area contributed by atoms with Crippen LogP contribution in [0.25, 0.3) is 0 Å². The molecular formula is C20H32FN. The number of hydrogen-bond acceptors (Lipinski definition) is 1. The Morgan fingerprint density at radius 3 is 1.82 bits per heavy atom. The van der Waals surface area contributed by atoms with E-state index >= 15 is 4.39 Å². The first-order valence-electron chi connectivity index (χ1n) is 8.33. The van der Waals surface area contributed by atoms with Gasteiger partial charge in [-0.1, -0.05) is 47.6 Å². The molecule has 0 N–H and O–H groups in total. The molecule has 0 aliphatic carbocycles. The lowest BCUT2D eigenvalue weighted by Gasteiger charge is -2.31. The fourth-order valence-electron chi connectivity index (χ4n) is 3.31. The van der Waals surface area contributed by atoms with Crippen molar-refractivity contribution in [2.24, 2.45) is 0 Å². The molecule has 1 heterocycles. The van der Waals surface area contributed by atoms with Crippen molar-refractivity contribution in [2.75, 3.05) is 0 Å². The van der Waals surface area contributed by atoms with Gasteiger partial charge in [-0.2, -0.15) is 0 Å². The number of hydrogen-bond donors (Lipinski definition) is 0. The van der Waals surface area contributed by atoms with Gasteiger partial charge in [0.15, 0.2) is 0 Å². The maximum absolute atomic E-state index is 15.4. The van der Waals surface area contributed by atoms with Gasteiger partial charge < -0.3 is 0 Å². The highest BCUT2D eigenvalue weighted by Crippen LogP contribution is 2.41. The van der Waals surface area contributed by atoms with E-state index in [2.05, 4.69) is 73.3 Å². The van der Waals surface area contributed by atoms with Gasteiger partial charge in [-0.25, -0.2) is 4.39 Å². The van der Waals surface area contributed by atoms with E-state index in [1.54, 1.807) is 0 Å². The summed E-state index contributed by atoms with van der Waals surface area (Å²) < 4.78 is 15.4. The summed E-state index contributed by atoms with van der Waals surface area (Å²) in [7, 11) is 0. The van der Waals surface area contributed by atoms with Gasteiger partial charge in [0.2, 0.25) is 0 Å². The van der Waals surface area contributed by atoms with Gasteiger partial charge in [-0.05, 0) is 48.3 Å². The van der Waals surface area contributed by atoms with E-state index in [0.29, 0.717) is 0 Å². The first-order chi connectivity index (χ1) is 9.73. The van der Waals surface area contributed by atoms with Crippen molar-refractivity contribution in [1.29, 1.82) is 0 Å². The van der Waals surface area contributed by atoms with Gasteiger partial charge in [0.1, 0.15) is 5.82 Å². The maximum Gasteiger partial charge on any atom is 0.132 e. The molecule has 0 aromatic heterocycles. The minimum atomic E-state index is -0.184. The molecule has 1 aliphatic heterocycles. The second-order valence-electron chi connectivity index (χ2n) is 9.78. The Morgan fingerprint density at radius 2 is 1.41 bits per heavy atom. The summed E-state index contributed by atoms with van der Waals surface area (Å²) in [5.41, 5.74) is 3.97. The highest BCUT2D eigenvalue weighted by atomic mass is 19.1. The summed E-state index contributed by atoms with van der Waals surface area (Å²) in [5.74, 6) is 0.0293.